The van der Waals surface area contributed by atoms with Crippen LogP contribution in [-0.4, -0.2) is 48.1 Å². The predicted molar refractivity (Wildman–Crippen MR) is 107 cm³/mol. The van der Waals surface area contributed by atoms with Gasteiger partial charge in [-0.05, 0) is 30.9 Å². The van der Waals surface area contributed by atoms with E-state index in [1.165, 1.54) is 25.7 Å². The number of aliphatic carboxylic acids is 2. The molecule has 1 aliphatic heterocycles. The first kappa shape index (κ1) is 26.8. The Morgan fingerprint density at radius 2 is 1.73 bits per heavy atom. The van der Waals surface area contributed by atoms with E-state index in [2.05, 4.69) is 19.2 Å². The maximum atomic E-state index is 10.9. The first-order valence-corrected chi connectivity index (χ1v) is 10.4. The van der Waals surface area contributed by atoms with Crippen LogP contribution in [0.3, 0.4) is 0 Å². The molecule has 1 aliphatic carbocycles. The summed E-state index contributed by atoms with van der Waals surface area (Å²) < 4.78 is 0. The molecule has 0 amide bonds. The van der Waals surface area contributed by atoms with Crippen LogP contribution in [0.15, 0.2) is 24.3 Å². The standard InChI is InChI=1S/C13H15NO4.C9H20N2.Pt/c1-9-4-2-3-5-10(9)6-14-7-13(8-14,11(15)16)12(17)18;1-7(2)11-9-6-4-3-5-8(9)10;/h2-5H,6-8H2,1H3,(H,15,16)(H,17,18);7-9,11H,3-6,10H2,1-2H3;/q;;+2/p-2/t;8-,9-;/m.1./s1. The Hall–Kier alpha value is -1.27. The van der Waals surface area contributed by atoms with Gasteiger partial charge in [-0.2, -0.15) is 0 Å². The summed E-state index contributed by atoms with van der Waals surface area (Å²) in [5, 5.41) is 25.2. The van der Waals surface area contributed by atoms with Crippen molar-refractivity contribution >= 4 is 11.9 Å². The smallest absolute Gasteiger partial charge is 0.549 e. The molecular formula is C22H33N3O4Pt. The third-order valence-corrected chi connectivity index (χ3v) is 5.79. The summed E-state index contributed by atoms with van der Waals surface area (Å²) in [6, 6.07) is 9.25. The number of nitrogens with two attached hydrogens (primary N) is 1. The number of nitrogens with one attached hydrogen (secondary N) is 1. The average Bonchev–Trinajstić information content (AvgIpc) is 2.60. The molecular weight excluding hydrogens is 565 g/mol. The van der Waals surface area contributed by atoms with E-state index in [0.29, 0.717) is 24.7 Å². The van der Waals surface area contributed by atoms with Gasteiger partial charge in [0.05, 0.1) is 17.4 Å². The normalized spacial score (nSPS) is 22.8. The predicted octanol–water partition coefficient (Wildman–Crippen LogP) is -0.451. The summed E-state index contributed by atoms with van der Waals surface area (Å²) in [5.41, 5.74) is 6.27. The third kappa shape index (κ3) is 6.88. The fraction of sp³-hybridized carbons (Fsp3) is 0.636. The number of carbonyl (C=O) groups is 2. The van der Waals surface area contributed by atoms with E-state index in [-0.39, 0.29) is 34.2 Å². The molecule has 2 atom stereocenters. The van der Waals surface area contributed by atoms with Crippen LogP contribution in [0, 0.1) is 12.3 Å². The molecule has 0 bridgehead atoms. The Balaban J connectivity index is 0.000000324. The van der Waals surface area contributed by atoms with Gasteiger partial charge in [0.2, 0.25) is 0 Å². The molecule has 3 N–H and O–H groups in total. The van der Waals surface area contributed by atoms with E-state index in [4.69, 9.17) is 5.73 Å². The molecule has 1 saturated carbocycles. The van der Waals surface area contributed by atoms with Crippen LogP contribution < -0.4 is 21.3 Å². The fourth-order valence-corrected chi connectivity index (χ4v) is 3.99. The molecule has 7 nitrogen and oxygen atoms in total. The van der Waals surface area contributed by atoms with Crippen LogP contribution in [0.1, 0.15) is 50.7 Å². The van der Waals surface area contributed by atoms with Gasteiger partial charge in [-0.1, -0.05) is 51.0 Å². The molecule has 0 unspecified atom stereocenters. The quantitative estimate of drug-likeness (QED) is 0.426. The Labute approximate surface area is 193 Å². The number of nitrogens with zero attached hydrogens (tertiary/aromatic N) is 1. The molecule has 1 saturated heterocycles. The van der Waals surface area contributed by atoms with Crippen LogP contribution in [0.25, 0.3) is 0 Å². The number of hydrogen-bond donors (Lipinski definition) is 2. The van der Waals surface area contributed by atoms with Crippen molar-refractivity contribution in [3.05, 3.63) is 35.4 Å². The van der Waals surface area contributed by atoms with Crippen molar-refractivity contribution in [1.82, 2.24) is 10.2 Å². The monoisotopic (exact) mass is 598 g/mol. The Bertz CT molecular complexity index is 691. The molecule has 30 heavy (non-hydrogen) atoms. The van der Waals surface area contributed by atoms with Crippen LogP contribution in [0.2, 0.25) is 0 Å². The van der Waals surface area contributed by atoms with E-state index in [1.807, 2.05) is 31.2 Å². The molecule has 3 rings (SSSR count). The molecule has 1 aromatic carbocycles. The van der Waals surface area contributed by atoms with Crippen LogP contribution in [-0.2, 0) is 37.2 Å². The average molecular weight is 599 g/mol. The van der Waals surface area contributed by atoms with Crippen LogP contribution in [0.5, 0.6) is 0 Å². The van der Waals surface area contributed by atoms with Gasteiger partial charge in [0.25, 0.3) is 0 Å². The molecule has 8 heteroatoms. The number of hydrogen-bond acceptors (Lipinski definition) is 7. The number of carbonyl (C=O) groups excluding carboxylic acids is 2. The topological polar surface area (TPSA) is 122 Å². The molecule has 1 heterocycles. The van der Waals surface area contributed by atoms with E-state index < -0.39 is 17.4 Å². The first-order valence-electron chi connectivity index (χ1n) is 10.4. The molecule has 2 fully saturated rings. The van der Waals surface area contributed by atoms with Crippen molar-refractivity contribution in [2.24, 2.45) is 11.1 Å². The molecule has 1 aromatic rings. The number of aryl methyl sites for hydroxylation is 1. The third-order valence-electron chi connectivity index (χ3n) is 5.79. The number of carboxylic acid groups (broad SMARTS) is 2. The minimum Gasteiger partial charge on any atom is -0.549 e. The molecule has 0 radical (unpaired) electrons. The SMILES string of the molecule is CC(C)N[C@@H]1CCCC[C@H]1N.Cc1ccccc1CN1CC(C(=O)[O-])(C(=O)[O-])C1.[Pt+2]. The summed E-state index contributed by atoms with van der Waals surface area (Å²) in [6.07, 6.45) is 5.12. The summed E-state index contributed by atoms with van der Waals surface area (Å²) in [7, 11) is 0. The fourth-order valence-electron chi connectivity index (χ4n) is 3.99. The summed E-state index contributed by atoms with van der Waals surface area (Å²) >= 11 is 0. The van der Waals surface area contributed by atoms with E-state index in [1.54, 1.807) is 4.90 Å². The van der Waals surface area contributed by atoms with Crippen molar-refractivity contribution in [3.8, 4) is 0 Å². The maximum absolute atomic E-state index is 10.9. The second kappa shape index (κ2) is 11.9. The minimum absolute atomic E-state index is 0. The van der Waals surface area contributed by atoms with Crippen LogP contribution in [0.4, 0.5) is 0 Å². The number of benzene rings is 1. The number of rotatable bonds is 6. The largest absolute Gasteiger partial charge is 2.00 e. The summed E-state index contributed by atoms with van der Waals surface area (Å²) in [6.45, 7) is 6.73. The molecule has 2 aliphatic rings. The van der Waals surface area contributed by atoms with Gasteiger partial charge in [-0.25, -0.2) is 0 Å². The molecule has 170 valence electrons. The molecule has 0 spiro atoms. The zero-order chi connectivity index (χ0) is 21.6. The van der Waals surface area contributed by atoms with E-state index in [9.17, 15) is 19.8 Å². The van der Waals surface area contributed by atoms with Gasteiger partial charge in [0, 0.05) is 37.8 Å². The maximum Gasteiger partial charge on any atom is 2.00 e. The minimum atomic E-state index is -1.84. The zero-order valence-corrected chi connectivity index (χ0v) is 20.2. The van der Waals surface area contributed by atoms with Gasteiger partial charge in [-0.15, -0.1) is 0 Å². The van der Waals surface area contributed by atoms with Gasteiger partial charge < -0.3 is 30.9 Å². The van der Waals surface area contributed by atoms with Crippen LogP contribution >= 0.6 is 0 Å². The number of likely N-dealkylation sites (tertiary alicyclic amines) is 1. The van der Waals surface area contributed by atoms with Crippen molar-refractivity contribution in [2.75, 3.05) is 13.1 Å². The van der Waals surface area contributed by atoms with E-state index >= 15 is 0 Å². The van der Waals surface area contributed by atoms with Crippen molar-refractivity contribution in [2.45, 2.75) is 71.1 Å². The number of carboxylic acids is 2. The van der Waals surface area contributed by atoms with Gasteiger partial charge in [0.15, 0.2) is 0 Å². The second-order valence-corrected chi connectivity index (χ2v) is 8.60. The van der Waals surface area contributed by atoms with Gasteiger partial charge in [0.1, 0.15) is 0 Å². The Morgan fingerprint density at radius 3 is 2.23 bits per heavy atom. The van der Waals surface area contributed by atoms with Gasteiger partial charge >= 0.3 is 21.1 Å². The van der Waals surface area contributed by atoms with Crippen molar-refractivity contribution in [1.29, 1.82) is 0 Å². The van der Waals surface area contributed by atoms with Gasteiger partial charge in [-0.3, -0.25) is 4.90 Å². The summed E-state index contributed by atoms with van der Waals surface area (Å²) in [4.78, 5) is 23.5. The van der Waals surface area contributed by atoms with Crippen molar-refractivity contribution < 1.29 is 40.9 Å². The molecule has 0 aromatic heterocycles. The first-order chi connectivity index (χ1) is 13.7. The van der Waals surface area contributed by atoms with E-state index in [0.717, 1.165) is 11.1 Å². The summed E-state index contributed by atoms with van der Waals surface area (Å²) in [5.74, 6) is -3.13. The van der Waals surface area contributed by atoms with Crippen molar-refractivity contribution in [3.63, 3.8) is 0 Å². The second-order valence-electron chi connectivity index (χ2n) is 8.60. The Kier molecular flexibility index (Phi) is 10.7. The zero-order valence-electron chi connectivity index (χ0n) is 18.0. The Morgan fingerprint density at radius 1 is 1.17 bits per heavy atom.